The van der Waals surface area contributed by atoms with Gasteiger partial charge in [0.1, 0.15) is 23.3 Å². The van der Waals surface area contributed by atoms with Crippen LogP contribution in [0.4, 0.5) is 17.3 Å². The van der Waals surface area contributed by atoms with Crippen molar-refractivity contribution in [2.24, 2.45) is 0 Å². The number of carbonyl (C=O) groups excluding carboxylic acids is 1. The number of nitrogens with one attached hydrogen (secondary N) is 2. The summed E-state index contributed by atoms with van der Waals surface area (Å²) in [4.78, 5) is 27.1. The molecule has 4 rings (SSSR count). The number of ether oxygens (including phenoxy) is 1. The van der Waals surface area contributed by atoms with Crippen molar-refractivity contribution in [3.05, 3.63) is 47.7 Å². The fourth-order valence-corrected chi connectivity index (χ4v) is 3.98. The fourth-order valence-electron chi connectivity index (χ4n) is 3.98. The Bertz CT molecular complexity index is 1010. The Kier molecular flexibility index (Phi) is 5.48. The van der Waals surface area contributed by atoms with E-state index in [-0.39, 0.29) is 11.7 Å². The molecule has 1 fully saturated rings. The maximum atomic E-state index is 12.2. The zero-order chi connectivity index (χ0) is 21.1. The quantitative estimate of drug-likeness (QED) is 0.671. The monoisotopic (exact) mass is 405 g/mol. The molecule has 0 saturated heterocycles. The van der Waals surface area contributed by atoms with E-state index in [9.17, 15) is 4.79 Å². The first-order valence-corrected chi connectivity index (χ1v) is 9.91. The summed E-state index contributed by atoms with van der Waals surface area (Å²) in [5.74, 6) is 0.518. The van der Waals surface area contributed by atoms with E-state index in [1.807, 2.05) is 6.07 Å². The van der Waals surface area contributed by atoms with Gasteiger partial charge >= 0.3 is 5.97 Å². The molecule has 2 atom stereocenters. The van der Waals surface area contributed by atoms with Crippen molar-refractivity contribution in [3.63, 3.8) is 0 Å². The number of methoxy groups -OCH3 is 1. The van der Waals surface area contributed by atoms with E-state index in [4.69, 9.17) is 10.00 Å². The Morgan fingerprint density at radius 3 is 2.77 bits per heavy atom. The highest BCUT2D eigenvalue weighted by atomic mass is 16.5. The minimum Gasteiger partial charge on any atom is -0.465 e. The Labute approximate surface area is 174 Å². The molecule has 154 valence electrons. The largest absolute Gasteiger partial charge is 0.465 e. The van der Waals surface area contributed by atoms with Crippen LogP contribution in [0.1, 0.15) is 42.2 Å². The van der Waals surface area contributed by atoms with Gasteiger partial charge in [-0.15, -0.1) is 0 Å². The molecular formula is C21H23N7O2. The second-order valence-electron chi connectivity index (χ2n) is 7.36. The molecule has 9 nitrogen and oxygen atoms in total. The highest BCUT2D eigenvalue weighted by Gasteiger charge is 2.37. The SMILES string of the molecule is CCCN1C=C2CC1CC2Nc1cc(Nc2cnc(C#N)cn2)ncc1C(=O)OC. The molecule has 1 aliphatic heterocycles. The van der Waals surface area contributed by atoms with Crippen LogP contribution in [0.15, 0.2) is 36.4 Å². The number of rotatable bonds is 7. The molecule has 2 aromatic heterocycles. The number of pyridine rings is 1. The standard InChI is InChI=1S/C21H23N7O2/c1-3-4-28-12-13-5-15(28)6-17(13)26-18-7-19(25-10-16(18)21(29)30-2)27-20-11-23-14(8-22)9-24-20/h7,9-12,15,17H,3-6H2,1-2H3,(H2,24,25,26,27). The van der Waals surface area contributed by atoms with Gasteiger partial charge in [-0.3, -0.25) is 0 Å². The van der Waals surface area contributed by atoms with Crippen molar-refractivity contribution in [2.75, 3.05) is 24.3 Å². The molecule has 0 spiro atoms. The average Bonchev–Trinajstić information content (AvgIpc) is 3.34. The summed E-state index contributed by atoms with van der Waals surface area (Å²) in [6, 6.07) is 4.40. The topological polar surface area (TPSA) is 116 Å². The smallest absolute Gasteiger partial charge is 0.341 e. The minimum atomic E-state index is -0.445. The lowest BCUT2D eigenvalue weighted by Crippen LogP contribution is -2.32. The molecule has 2 aliphatic rings. The van der Waals surface area contributed by atoms with Crippen molar-refractivity contribution in [2.45, 2.75) is 38.3 Å². The molecule has 9 heteroatoms. The number of nitriles is 1. The second-order valence-corrected chi connectivity index (χ2v) is 7.36. The van der Waals surface area contributed by atoms with Gasteiger partial charge in [0.15, 0.2) is 5.69 Å². The number of carbonyl (C=O) groups is 1. The van der Waals surface area contributed by atoms with Crippen LogP contribution in [0.2, 0.25) is 0 Å². The maximum Gasteiger partial charge on any atom is 0.341 e. The Morgan fingerprint density at radius 2 is 2.13 bits per heavy atom. The van der Waals surface area contributed by atoms with Crippen molar-refractivity contribution < 1.29 is 9.53 Å². The van der Waals surface area contributed by atoms with Crippen molar-refractivity contribution >= 4 is 23.3 Å². The van der Waals surface area contributed by atoms with Crippen LogP contribution in [0.3, 0.4) is 0 Å². The lowest BCUT2D eigenvalue weighted by atomic mass is 10.1. The van der Waals surface area contributed by atoms with E-state index in [1.54, 1.807) is 6.07 Å². The summed E-state index contributed by atoms with van der Waals surface area (Å²) in [6.45, 7) is 3.26. The second kappa shape index (κ2) is 8.37. The van der Waals surface area contributed by atoms with Gasteiger partial charge in [-0.2, -0.15) is 5.26 Å². The van der Waals surface area contributed by atoms with Crippen LogP contribution in [-0.2, 0) is 4.74 Å². The highest BCUT2D eigenvalue weighted by Crippen LogP contribution is 2.38. The van der Waals surface area contributed by atoms with E-state index in [2.05, 4.69) is 43.6 Å². The predicted octanol–water partition coefficient (Wildman–Crippen LogP) is 2.83. The molecule has 2 aromatic rings. The lowest BCUT2D eigenvalue weighted by molar-refractivity contribution is 0.0601. The number of hydrogen-bond donors (Lipinski definition) is 2. The van der Waals surface area contributed by atoms with Crippen molar-refractivity contribution in [1.29, 1.82) is 5.26 Å². The van der Waals surface area contributed by atoms with Gasteiger partial charge in [-0.05, 0) is 24.8 Å². The summed E-state index contributed by atoms with van der Waals surface area (Å²) in [6.07, 6.45) is 9.76. The zero-order valence-electron chi connectivity index (χ0n) is 16.9. The molecule has 30 heavy (non-hydrogen) atoms. The molecule has 1 saturated carbocycles. The summed E-state index contributed by atoms with van der Waals surface area (Å²) >= 11 is 0. The van der Waals surface area contributed by atoms with Crippen LogP contribution >= 0.6 is 0 Å². The van der Waals surface area contributed by atoms with Gasteiger partial charge in [0, 0.05) is 31.0 Å². The predicted molar refractivity (Wildman–Crippen MR) is 111 cm³/mol. The van der Waals surface area contributed by atoms with Crippen LogP contribution in [-0.4, -0.2) is 51.6 Å². The fraction of sp³-hybridized carbons (Fsp3) is 0.381. The van der Waals surface area contributed by atoms with Crippen LogP contribution in [0.25, 0.3) is 0 Å². The normalized spacial score (nSPS) is 19.2. The Morgan fingerprint density at radius 1 is 1.30 bits per heavy atom. The molecule has 0 radical (unpaired) electrons. The number of aromatic nitrogens is 3. The summed E-state index contributed by atoms with van der Waals surface area (Å²) in [7, 11) is 1.35. The van der Waals surface area contributed by atoms with E-state index >= 15 is 0 Å². The number of nitrogens with zero attached hydrogens (tertiary/aromatic N) is 5. The Balaban J connectivity index is 1.56. The molecule has 1 aliphatic carbocycles. The van der Waals surface area contributed by atoms with Crippen LogP contribution in [0, 0.1) is 11.3 Å². The summed E-state index contributed by atoms with van der Waals surface area (Å²) in [5, 5.41) is 15.4. The van der Waals surface area contributed by atoms with E-state index in [0.29, 0.717) is 28.9 Å². The van der Waals surface area contributed by atoms with Gasteiger partial charge in [0.05, 0.1) is 31.2 Å². The third-order valence-electron chi connectivity index (χ3n) is 5.37. The lowest BCUT2D eigenvalue weighted by Gasteiger charge is -2.29. The molecule has 0 amide bonds. The molecule has 2 bridgehead atoms. The number of fused-ring (bicyclic) bond motifs is 2. The van der Waals surface area contributed by atoms with Crippen molar-refractivity contribution in [1.82, 2.24) is 19.9 Å². The molecule has 2 N–H and O–H groups in total. The molecule has 3 heterocycles. The van der Waals surface area contributed by atoms with Gasteiger partial charge < -0.3 is 20.3 Å². The minimum absolute atomic E-state index is 0.177. The number of esters is 1. The number of hydrogen-bond acceptors (Lipinski definition) is 9. The van der Waals surface area contributed by atoms with E-state index in [0.717, 1.165) is 25.8 Å². The zero-order valence-corrected chi connectivity index (χ0v) is 16.9. The maximum absolute atomic E-state index is 12.2. The van der Waals surface area contributed by atoms with Gasteiger partial charge in [0.2, 0.25) is 0 Å². The van der Waals surface area contributed by atoms with Crippen molar-refractivity contribution in [3.8, 4) is 6.07 Å². The molecular weight excluding hydrogens is 382 g/mol. The van der Waals surface area contributed by atoms with Crippen LogP contribution < -0.4 is 10.6 Å². The van der Waals surface area contributed by atoms with Gasteiger partial charge in [-0.1, -0.05) is 6.92 Å². The summed E-state index contributed by atoms with van der Waals surface area (Å²) in [5.41, 5.74) is 2.62. The Hall–Kier alpha value is -3.67. The van der Waals surface area contributed by atoms with E-state index in [1.165, 1.54) is 31.3 Å². The van der Waals surface area contributed by atoms with E-state index < -0.39 is 5.97 Å². The highest BCUT2D eigenvalue weighted by molar-refractivity contribution is 5.96. The first-order chi connectivity index (χ1) is 14.6. The first-order valence-electron chi connectivity index (χ1n) is 9.91. The third kappa shape index (κ3) is 3.89. The van der Waals surface area contributed by atoms with Crippen LogP contribution in [0.5, 0.6) is 0 Å². The molecule has 0 aromatic carbocycles. The first kappa shape index (κ1) is 19.6. The number of anilines is 3. The van der Waals surface area contributed by atoms with Gasteiger partial charge in [-0.25, -0.2) is 19.7 Å². The molecule has 2 unspecified atom stereocenters. The third-order valence-corrected chi connectivity index (χ3v) is 5.37. The summed E-state index contributed by atoms with van der Waals surface area (Å²) < 4.78 is 4.92. The average molecular weight is 405 g/mol. The van der Waals surface area contributed by atoms with Gasteiger partial charge in [0.25, 0.3) is 0 Å².